The van der Waals surface area contributed by atoms with Gasteiger partial charge in [0.15, 0.2) is 5.78 Å². The highest BCUT2D eigenvalue weighted by Gasteiger charge is 2.11. The number of rotatable bonds is 5. The Kier molecular flexibility index (Phi) is 4.35. The number of benzene rings is 1. The maximum absolute atomic E-state index is 11.5. The van der Waals surface area contributed by atoms with Crippen LogP contribution in [0.5, 0.6) is 0 Å². The zero-order valence-corrected chi connectivity index (χ0v) is 11.2. The Labute approximate surface area is 114 Å². The molecule has 0 saturated carbocycles. The second-order valence-corrected chi connectivity index (χ2v) is 4.77. The van der Waals surface area contributed by atoms with E-state index in [4.69, 9.17) is 0 Å². The van der Waals surface area contributed by atoms with Crippen molar-refractivity contribution in [2.24, 2.45) is 5.92 Å². The number of para-hydroxylation sites is 1. The van der Waals surface area contributed by atoms with E-state index in [1.165, 1.54) is 0 Å². The lowest BCUT2D eigenvalue weighted by Crippen LogP contribution is -2.13. The van der Waals surface area contributed by atoms with E-state index in [2.05, 4.69) is 36.2 Å². The van der Waals surface area contributed by atoms with Crippen molar-refractivity contribution in [1.82, 2.24) is 0 Å². The minimum absolute atomic E-state index is 0.0780. The summed E-state index contributed by atoms with van der Waals surface area (Å²) in [5, 5.41) is 3.31. The van der Waals surface area contributed by atoms with Crippen molar-refractivity contribution in [2.45, 2.75) is 13.3 Å². The molecule has 0 amide bonds. The lowest BCUT2D eigenvalue weighted by atomic mass is 9.93. The Balaban J connectivity index is 1.99. The largest absolute Gasteiger partial charge is 0.381 e. The van der Waals surface area contributed by atoms with Crippen LogP contribution in [0.15, 0.2) is 60.7 Å². The molecule has 0 heterocycles. The van der Waals surface area contributed by atoms with Crippen molar-refractivity contribution < 1.29 is 4.79 Å². The van der Waals surface area contributed by atoms with Gasteiger partial charge in [0.1, 0.15) is 0 Å². The van der Waals surface area contributed by atoms with E-state index >= 15 is 0 Å². The summed E-state index contributed by atoms with van der Waals surface area (Å²) in [5.41, 5.74) is 2.75. The number of carbonyl (C=O) groups is 1. The van der Waals surface area contributed by atoms with Gasteiger partial charge in [-0.1, -0.05) is 48.6 Å². The van der Waals surface area contributed by atoms with E-state index in [0.717, 1.165) is 23.2 Å². The van der Waals surface area contributed by atoms with E-state index in [0.29, 0.717) is 12.5 Å². The average molecular weight is 253 g/mol. The number of hydrogen-bond acceptors (Lipinski definition) is 2. The van der Waals surface area contributed by atoms with Gasteiger partial charge in [0, 0.05) is 23.7 Å². The fourth-order valence-electron chi connectivity index (χ4n) is 2.17. The molecule has 0 aliphatic heterocycles. The highest BCUT2D eigenvalue weighted by molar-refractivity contribution is 5.99. The number of nitrogens with one attached hydrogen (secondary N) is 1. The normalized spacial score (nSPS) is 17.2. The molecule has 0 spiro atoms. The molecule has 0 saturated heterocycles. The van der Waals surface area contributed by atoms with Crippen LogP contribution in [0.1, 0.15) is 23.7 Å². The number of anilines is 1. The first-order valence-electron chi connectivity index (χ1n) is 6.53. The minimum Gasteiger partial charge on any atom is -0.381 e. The van der Waals surface area contributed by atoms with Gasteiger partial charge in [-0.25, -0.2) is 0 Å². The quantitative estimate of drug-likeness (QED) is 0.635. The second kappa shape index (κ2) is 6.19. The molecule has 1 aromatic carbocycles. The van der Waals surface area contributed by atoms with Gasteiger partial charge in [0.05, 0.1) is 0 Å². The predicted molar refractivity (Wildman–Crippen MR) is 80.5 cm³/mol. The number of ketones is 1. The summed E-state index contributed by atoms with van der Waals surface area (Å²) in [5.74, 6) is 0.469. The van der Waals surface area contributed by atoms with Crippen LogP contribution in [0.4, 0.5) is 5.69 Å². The van der Waals surface area contributed by atoms with Crippen molar-refractivity contribution in [1.29, 1.82) is 0 Å². The SMILES string of the molecule is C=C(CNc1ccccc1C(C)=O)C1C=CC=CC1. The monoisotopic (exact) mass is 253 g/mol. The van der Waals surface area contributed by atoms with Gasteiger partial charge in [-0.2, -0.15) is 0 Å². The van der Waals surface area contributed by atoms with Crippen LogP contribution >= 0.6 is 0 Å². The van der Waals surface area contributed by atoms with Crippen molar-refractivity contribution in [2.75, 3.05) is 11.9 Å². The highest BCUT2D eigenvalue weighted by atomic mass is 16.1. The average Bonchev–Trinajstić information content (AvgIpc) is 2.46. The first-order chi connectivity index (χ1) is 9.18. The first-order valence-corrected chi connectivity index (χ1v) is 6.53. The van der Waals surface area contributed by atoms with E-state index in [1.54, 1.807) is 6.92 Å². The van der Waals surface area contributed by atoms with Gasteiger partial charge < -0.3 is 5.32 Å². The van der Waals surface area contributed by atoms with Crippen LogP contribution in [-0.2, 0) is 0 Å². The van der Waals surface area contributed by atoms with E-state index in [9.17, 15) is 4.79 Å². The molecule has 1 aliphatic carbocycles. The van der Waals surface area contributed by atoms with Gasteiger partial charge in [0.2, 0.25) is 0 Å². The van der Waals surface area contributed by atoms with Crippen LogP contribution in [0, 0.1) is 5.92 Å². The third kappa shape index (κ3) is 3.44. The summed E-state index contributed by atoms with van der Waals surface area (Å²) in [6.45, 7) is 6.41. The Morgan fingerprint density at radius 3 is 2.84 bits per heavy atom. The third-order valence-corrected chi connectivity index (χ3v) is 3.32. The first kappa shape index (κ1) is 13.3. The Morgan fingerprint density at radius 1 is 1.37 bits per heavy atom. The van der Waals surface area contributed by atoms with Crippen LogP contribution in [0.2, 0.25) is 0 Å². The van der Waals surface area contributed by atoms with E-state index in [1.807, 2.05) is 24.3 Å². The molecular formula is C17H19NO. The molecule has 1 aromatic rings. The maximum atomic E-state index is 11.5. The molecule has 0 radical (unpaired) electrons. The Hall–Kier alpha value is -2.09. The number of Topliss-reactive ketones (excluding diaryl/α,β-unsaturated/α-hetero) is 1. The van der Waals surface area contributed by atoms with Gasteiger partial charge >= 0.3 is 0 Å². The van der Waals surface area contributed by atoms with Gasteiger partial charge in [0.25, 0.3) is 0 Å². The number of hydrogen-bond donors (Lipinski definition) is 1. The van der Waals surface area contributed by atoms with Gasteiger partial charge in [-0.15, -0.1) is 0 Å². The van der Waals surface area contributed by atoms with Crippen LogP contribution in [0.25, 0.3) is 0 Å². The second-order valence-electron chi connectivity index (χ2n) is 4.77. The maximum Gasteiger partial charge on any atom is 0.161 e. The predicted octanol–water partition coefficient (Wildman–Crippen LogP) is 3.99. The summed E-state index contributed by atoms with van der Waals surface area (Å²) >= 11 is 0. The van der Waals surface area contributed by atoms with Crippen LogP contribution in [0.3, 0.4) is 0 Å². The molecule has 0 bridgehead atoms. The molecule has 1 unspecified atom stereocenters. The molecule has 1 N–H and O–H groups in total. The summed E-state index contributed by atoms with van der Waals surface area (Å²) in [6.07, 6.45) is 9.44. The smallest absolute Gasteiger partial charge is 0.161 e. The lowest BCUT2D eigenvalue weighted by molar-refractivity contribution is 0.101. The zero-order valence-electron chi connectivity index (χ0n) is 11.2. The van der Waals surface area contributed by atoms with E-state index < -0.39 is 0 Å². The fourth-order valence-corrected chi connectivity index (χ4v) is 2.17. The summed E-state index contributed by atoms with van der Waals surface area (Å²) in [6, 6.07) is 7.59. The third-order valence-electron chi connectivity index (χ3n) is 3.32. The Bertz CT molecular complexity index is 540. The number of allylic oxidation sites excluding steroid dienone is 4. The topological polar surface area (TPSA) is 29.1 Å². The van der Waals surface area contributed by atoms with Crippen molar-refractivity contribution >= 4 is 11.5 Å². The molecule has 98 valence electrons. The summed E-state index contributed by atoms with van der Waals surface area (Å²) < 4.78 is 0. The van der Waals surface area contributed by atoms with Gasteiger partial charge in [-0.3, -0.25) is 4.79 Å². The molecule has 1 atom stereocenters. The lowest BCUT2D eigenvalue weighted by Gasteiger charge is -2.18. The molecule has 0 fully saturated rings. The zero-order chi connectivity index (χ0) is 13.7. The van der Waals surface area contributed by atoms with E-state index in [-0.39, 0.29) is 5.78 Å². The molecule has 19 heavy (non-hydrogen) atoms. The molecule has 0 aromatic heterocycles. The molecule has 2 rings (SSSR count). The molecule has 1 aliphatic rings. The van der Waals surface area contributed by atoms with Crippen LogP contribution in [-0.4, -0.2) is 12.3 Å². The Morgan fingerprint density at radius 2 is 2.16 bits per heavy atom. The van der Waals surface area contributed by atoms with Crippen molar-refractivity contribution in [3.05, 3.63) is 66.3 Å². The summed E-state index contributed by atoms with van der Waals surface area (Å²) in [4.78, 5) is 11.5. The molecule has 2 heteroatoms. The molecule has 2 nitrogen and oxygen atoms in total. The highest BCUT2D eigenvalue weighted by Crippen LogP contribution is 2.21. The van der Waals surface area contributed by atoms with Crippen molar-refractivity contribution in [3.8, 4) is 0 Å². The fraction of sp³-hybridized carbons (Fsp3) is 0.235. The van der Waals surface area contributed by atoms with Crippen LogP contribution < -0.4 is 5.32 Å². The van der Waals surface area contributed by atoms with Crippen molar-refractivity contribution in [3.63, 3.8) is 0 Å². The standard InChI is InChI=1S/C17H19NO/c1-13(15-8-4-3-5-9-15)12-18-17-11-7-6-10-16(17)14(2)19/h3-8,10-11,15,18H,1,9,12H2,2H3. The van der Waals surface area contributed by atoms with Gasteiger partial charge in [-0.05, 0) is 25.5 Å². The number of carbonyl (C=O) groups excluding carboxylic acids is 1. The molecular weight excluding hydrogens is 234 g/mol. The summed E-state index contributed by atoms with van der Waals surface area (Å²) in [7, 11) is 0. The minimum atomic E-state index is 0.0780.